The SMILES string of the molecule is CNC(c1ccc(C(F)(F)F)cc1C)C(C)(C)S(C)(=O)=O. The lowest BCUT2D eigenvalue weighted by Crippen LogP contribution is -2.44. The third kappa shape index (κ3) is 3.58. The summed E-state index contributed by atoms with van der Waals surface area (Å²) in [6.45, 7) is 4.66. The molecule has 3 nitrogen and oxygen atoms in total. The number of hydrogen-bond donors (Lipinski definition) is 1. The molecule has 0 heterocycles. The highest BCUT2D eigenvalue weighted by molar-refractivity contribution is 7.92. The summed E-state index contributed by atoms with van der Waals surface area (Å²) >= 11 is 0. The Morgan fingerprint density at radius 3 is 2.05 bits per heavy atom. The molecule has 1 unspecified atom stereocenters. The first-order valence-corrected chi connectivity index (χ1v) is 8.26. The number of alkyl halides is 3. The molecule has 1 aromatic rings. The topological polar surface area (TPSA) is 46.2 Å². The van der Waals surface area contributed by atoms with Gasteiger partial charge in [0.05, 0.1) is 16.4 Å². The molecule has 1 aromatic carbocycles. The van der Waals surface area contributed by atoms with Crippen LogP contribution in [0.1, 0.15) is 36.6 Å². The highest BCUT2D eigenvalue weighted by atomic mass is 32.2. The van der Waals surface area contributed by atoms with Crippen LogP contribution in [0.15, 0.2) is 18.2 Å². The number of sulfone groups is 1. The van der Waals surface area contributed by atoms with E-state index in [0.29, 0.717) is 11.1 Å². The second-order valence-corrected chi connectivity index (χ2v) is 8.26. The van der Waals surface area contributed by atoms with E-state index >= 15 is 0 Å². The third-order valence-electron chi connectivity index (χ3n) is 3.85. The van der Waals surface area contributed by atoms with Crippen molar-refractivity contribution in [1.29, 1.82) is 0 Å². The zero-order valence-electron chi connectivity index (χ0n) is 12.7. The van der Waals surface area contributed by atoms with Crippen molar-refractivity contribution in [3.8, 4) is 0 Å². The van der Waals surface area contributed by atoms with Gasteiger partial charge in [0.1, 0.15) is 0 Å². The molecule has 0 aliphatic carbocycles. The van der Waals surface area contributed by atoms with Crippen molar-refractivity contribution in [3.63, 3.8) is 0 Å². The fourth-order valence-corrected chi connectivity index (χ4v) is 2.94. The molecular weight excluding hydrogens is 303 g/mol. The fraction of sp³-hybridized carbons (Fsp3) is 0.571. The lowest BCUT2D eigenvalue weighted by molar-refractivity contribution is -0.137. The zero-order chi connectivity index (χ0) is 16.6. The second-order valence-electron chi connectivity index (χ2n) is 5.67. The van der Waals surface area contributed by atoms with Crippen molar-refractivity contribution in [3.05, 3.63) is 34.9 Å². The van der Waals surface area contributed by atoms with Gasteiger partial charge in [-0.3, -0.25) is 0 Å². The van der Waals surface area contributed by atoms with E-state index < -0.39 is 32.4 Å². The predicted molar refractivity (Wildman–Crippen MR) is 76.9 cm³/mol. The molecule has 0 aromatic heterocycles. The highest BCUT2D eigenvalue weighted by Crippen LogP contribution is 2.36. The van der Waals surface area contributed by atoms with Crippen LogP contribution in [0.5, 0.6) is 0 Å². The maximum atomic E-state index is 12.7. The van der Waals surface area contributed by atoms with Gasteiger partial charge in [-0.1, -0.05) is 6.07 Å². The van der Waals surface area contributed by atoms with Gasteiger partial charge in [-0.15, -0.1) is 0 Å². The molecule has 0 saturated carbocycles. The van der Waals surface area contributed by atoms with Gasteiger partial charge in [0.25, 0.3) is 0 Å². The van der Waals surface area contributed by atoms with Crippen LogP contribution in [0, 0.1) is 6.92 Å². The molecule has 0 spiro atoms. The first-order chi connectivity index (χ1) is 9.32. The Bertz CT molecular complexity index is 622. The maximum Gasteiger partial charge on any atom is 0.416 e. The van der Waals surface area contributed by atoms with E-state index in [9.17, 15) is 21.6 Å². The number of rotatable bonds is 4. The highest BCUT2D eigenvalue weighted by Gasteiger charge is 2.40. The van der Waals surface area contributed by atoms with Gasteiger partial charge in [0, 0.05) is 6.26 Å². The molecular formula is C14H20F3NO2S. The fourth-order valence-electron chi connectivity index (χ4n) is 2.27. The number of hydrogen-bond acceptors (Lipinski definition) is 3. The zero-order valence-corrected chi connectivity index (χ0v) is 13.5. The van der Waals surface area contributed by atoms with Gasteiger partial charge < -0.3 is 5.32 Å². The Morgan fingerprint density at radius 2 is 1.71 bits per heavy atom. The summed E-state index contributed by atoms with van der Waals surface area (Å²) in [6.07, 6.45) is -3.29. The number of aryl methyl sites for hydroxylation is 1. The molecule has 1 rings (SSSR count). The van der Waals surface area contributed by atoms with Crippen LogP contribution in [0.25, 0.3) is 0 Å². The van der Waals surface area contributed by atoms with Gasteiger partial charge >= 0.3 is 6.18 Å². The van der Waals surface area contributed by atoms with Gasteiger partial charge in [-0.2, -0.15) is 13.2 Å². The van der Waals surface area contributed by atoms with E-state index in [0.717, 1.165) is 18.4 Å². The number of benzene rings is 1. The van der Waals surface area contributed by atoms with E-state index in [4.69, 9.17) is 0 Å². The van der Waals surface area contributed by atoms with Crippen molar-refractivity contribution in [1.82, 2.24) is 5.32 Å². The molecule has 0 amide bonds. The molecule has 0 saturated heterocycles. The van der Waals surface area contributed by atoms with Crippen LogP contribution in [0.2, 0.25) is 0 Å². The van der Waals surface area contributed by atoms with Crippen LogP contribution >= 0.6 is 0 Å². The van der Waals surface area contributed by atoms with Crippen LogP contribution in [-0.4, -0.2) is 26.5 Å². The largest absolute Gasteiger partial charge is 0.416 e. The average Bonchev–Trinajstić information content (AvgIpc) is 2.28. The quantitative estimate of drug-likeness (QED) is 0.926. The molecule has 1 N–H and O–H groups in total. The minimum absolute atomic E-state index is 0.404. The molecule has 0 bridgehead atoms. The molecule has 0 aliphatic rings. The van der Waals surface area contributed by atoms with E-state index in [-0.39, 0.29) is 0 Å². The minimum Gasteiger partial charge on any atom is -0.312 e. The second kappa shape index (κ2) is 5.61. The molecule has 0 aliphatic heterocycles. The van der Waals surface area contributed by atoms with E-state index in [1.807, 2.05) is 0 Å². The molecule has 120 valence electrons. The van der Waals surface area contributed by atoms with Crippen molar-refractivity contribution < 1.29 is 21.6 Å². The van der Waals surface area contributed by atoms with Crippen molar-refractivity contribution >= 4 is 9.84 Å². The third-order valence-corrected chi connectivity index (χ3v) is 5.99. The van der Waals surface area contributed by atoms with Crippen LogP contribution in [0.3, 0.4) is 0 Å². The summed E-state index contributed by atoms with van der Waals surface area (Å²) in [6, 6.07) is 2.75. The van der Waals surface area contributed by atoms with E-state index in [1.165, 1.54) is 6.07 Å². The Morgan fingerprint density at radius 1 is 1.19 bits per heavy atom. The van der Waals surface area contributed by atoms with Crippen molar-refractivity contribution in [2.45, 2.75) is 37.7 Å². The summed E-state index contributed by atoms with van der Waals surface area (Å²) in [5, 5.41) is 2.90. The molecule has 1 atom stereocenters. The summed E-state index contributed by atoms with van der Waals surface area (Å²) < 4.78 is 60.8. The molecule has 21 heavy (non-hydrogen) atoms. The van der Waals surface area contributed by atoms with E-state index in [2.05, 4.69) is 5.32 Å². The molecule has 0 radical (unpaired) electrons. The Hall–Kier alpha value is -1.08. The van der Waals surface area contributed by atoms with Crippen LogP contribution in [0.4, 0.5) is 13.2 Å². The normalized spacial score (nSPS) is 15.0. The monoisotopic (exact) mass is 323 g/mol. The first-order valence-electron chi connectivity index (χ1n) is 6.37. The van der Waals surface area contributed by atoms with Crippen molar-refractivity contribution in [2.75, 3.05) is 13.3 Å². The van der Waals surface area contributed by atoms with Crippen LogP contribution < -0.4 is 5.32 Å². The number of nitrogens with one attached hydrogen (secondary N) is 1. The lowest BCUT2D eigenvalue weighted by atomic mass is 9.91. The summed E-state index contributed by atoms with van der Waals surface area (Å²) in [7, 11) is -1.81. The van der Waals surface area contributed by atoms with Gasteiger partial charge in [0.2, 0.25) is 0 Å². The number of halogens is 3. The lowest BCUT2D eigenvalue weighted by Gasteiger charge is -2.34. The van der Waals surface area contributed by atoms with Crippen LogP contribution in [-0.2, 0) is 16.0 Å². The average molecular weight is 323 g/mol. The first kappa shape index (κ1) is 18.0. The van der Waals surface area contributed by atoms with Gasteiger partial charge in [-0.25, -0.2) is 8.42 Å². The Labute approximate surface area is 123 Å². The smallest absolute Gasteiger partial charge is 0.312 e. The predicted octanol–water partition coefficient (Wildman–Crippen LogP) is 3.10. The van der Waals surface area contributed by atoms with E-state index in [1.54, 1.807) is 27.8 Å². The van der Waals surface area contributed by atoms with Gasteiger partial charge in [-0.05, 0) is 51.1 Å². The molecule has 7 heteroatoms. The molecule has 0 fully saturated rings. The maximum absolute atomic E-state index is 12.7. The Balaban J connectivity index is 3.38. The van der Waals surface area contributed by atoms with Gasteiger partial charge in [0.15, 0.2) is 9.84 Å². The summed E-state index contributed by atoms with van der Waals surface area (Å²) in [5.41, 5.74) is 0.206. The Kier molecular flexibility index (Phi) is 4.80. The summed E-state index contributed by atoms with van der Waals surface area (Å²) in [4.78, 5) is 0. The standard InChI is InChI=1S/C14H20F3NO2S/c1-9-8-10(14(15,16)17)6-7-11(9)12(18-4)13(2,3)21(5,19)20/h6-8,12,18H,1-5H3. The van der Waals surface area contributed by atoms with Crippen molar-refractivity contribution in [2.24, 2.45) is 0 Å². The minimum atomic E-state index is -4.41. The summed E-state index contributed by atoms with van der Waals surface area (Å²) in [5.74, 6) is 0.